The molecular weight excluding hydrogens is 280 g/mol. The van der Waals surface area contributed by atoms with E-state index in [4.69, 9.17) is 5.11 Å². The van der Waals surface area contributed by atoms with Gasteiger partial charge in [0.05, 0.1) is 6.04 Å². The van der Waals surface area contributed by atoms with E-state index in [1.807, 2.05) is 63.1 Å². The minimum atomic E-state index is -0.850. The first-order valence-electron chi connectivity index (χ1n) is 7.49. The average Bonchev–Trinajstić information content (AvgIpc) is 2.45. The van der Waals surface area contributed by atoms with E-state index < -0.39 is 11.5 Å². The number of rotatable bonds is 8. The third-order valence-corrected chi connectivity index (χ3v) is 3.74. The zero-order chi connectivity index (χ0) is 16.8. The van der Waals surface area contributed by atoms with Crippen molar-refractivity contribution in [3.8, 4) is 0 Å². The standard InChI is InChI=1S/C17H26N2O3/c1-13(19(4)12-14-8-6-5-7-9-14)16(22)18-17(2,3)11-10-15(20)21/h5-9,13H,10-12H2,1-4H3,(H,18,22)(H,20,21). The molecule has 1 aromatic rings. The van der Waals surface area contributed by atoms with Gasteiger partial charge >= 0.3 is 5.97 Å². The van der Waals surface area contributed by atoms with E-state index in [1.54, 1.807) is 0 Å². The monoisotopic (exact) mass is 306 g/mol. The molecule has 1 rings (SSSR count). The van der Waals surface area contributed by atoms with Crippen molar-refractivity contribution in [2.75, 3.05) is 7.05 Å². The van der Waals surface area contributed by atoms with Crippen molar-refractivity contribution in [2.24, 2.45) is 0 Å². The topological polar surface area (TPSA) is 69.6 Å². The summed E-state index contributed by atoms with van der Waals surface area (Å²) < 4.78 is 0. The molecule has 0 radical (unpaired) electrons. The van der Waals surface area contributed by atoms with Gasteiger partial charge in [-0.15, -0.1) is 0 Å². The lowest BCUT2D eigenvalue weighted by molar-refractivity contribution is -0.138. The normalized spacial score (nSPS) is 13.0. The molecule has 0 spiro atoms. The second-order valence-electron chi connectivity index (χ2n) is 6.34. The fourth-order valence-electron chi connectivity index (χ4n) is 2.13. The van der Waals surface area contributed by atoms with Gasteiger partial charge in [-0.2, -0.15) is 0 Å². The van der Waals surface area contributed by atoms with Crippen molar-refractivity contribution in [3.05, 3.63) is 35.9 Å². The predicted molar refractivity (Wildman–Crippen MR) is 86.5 cm³/mol. The molecule has 0 aliphatic carbocycles. The van der Waals surface area contributed by atoms with Crippen LogP contribution in [0.25, 0.3) is 0 Å². The quantitative estimate of drug-likeness (QED) is 0.773. The van der Waals surface area contributed by atoms with Crippen molar-refractivity contribution in [3.63, 3.8) is 0 Å². The van der Waals surface area contributed by atoms with Crippen molar-refractivity contribution in [1.82, 2.24) is 10.2 Å². The Morgan fingerprint density at radius 2 is 1.86 bits per heavy atom. The van der Waals surface area contributed by atoms with Crippen LogP contribution in [0.3, 0.4) is 0 Å². The van der Waals surface area contributed by atoms with E-state index in [2.05, 4.69) is 5.32 Å². The number of hydrogen-bond acceptors (Lipinski definition) is 3. The number of carbonyl (C=O) groups is 2. The smallest absolute Gasteiger partial charge is 0.303 e. The summed E-state index contributed by atoms with van der Waals surface area (Å²) in [6, 6.07) is 9.68. The molecule has 1 atom stereocenters. The zero-order valence-electron chi connectivity index (χ0n) is 13.8. The lowest BCUT2D eigenvalue weighted by Gasteiger charge is -2.30. The number of likely N-dealkylation sites (N-methyl/N-ethyl adjacent to an activating group) is 1. The molecule has 0 aliphatic rings. The molecule has 1 aromatic carbocycles. The van der Waals surface area contributed by atoms with Crippen molar-refractivity contribution in [2.45, 2.75) is 51.7 Å². The summed E-state index contributed by atoms with van der Waals surface area (Å²) in [5, 5.41) is 11.7. The maximum absolute atomic E-state index is 12.3. The summed E-state index contributed by atoms with van der Waals surface area (Å²) in [7, 11) is 1.90. The number of nitrogens with zero attached hydrogens (tertiary/aromatic N) is 1. The third-order valence-electron chi connectivity index (χ3n) is 3.74. The Kier molecular flexibility index (Phi) is 6.56. The minimum absolute atomic E-state index is 0.0432. The molecule has 0 aromatic heterocycles. The van der Waals surface area contributed by atoms with Gasteiger partial charge in [0.15, 0.2) is 0 Å². The Bertz CT molecular complexity index is 500. The molecule has 22 heavy (non-hydrogen) atoms. The van der Waals surface area contributed by atoms with Gasteiger partial charge in [0, 0.05) is 18.5 Å². The number of benzene rings is 1. The van der Waals surface area contributed by atoms with Gasteiger partial charge in [-0.25, -0.2) is 0 Å². The van der Waals surface area contributed by atoms with E-state index in [0.717, 1.165) is 5.56 Å². The number of amides is 1. The molecule has 0 bridgehead atoms. The first-order valence-corrected chi connectivity index (χ1v) is 7.49. The SMILES string of the molecule is CC(C(=O)NC(C)(C)CCC(=O)O)N(C)Cc1ccccc1. The number of carboxylic acid groups (broad SMARTS) is 1. The fraction of sp³-hybridized carbons (Fsp3) is 0.529. The molecule has 0 saturated heterocycles. The van der Waals surface area contributed by atoms with Gasteiger partial charge < -0.3 is 10.4 Å². The molecule has 122 valence electrons. The van der Waals surface area contributed by atoms with Crippen LogP contribution >= 0.6 is 0 Å². The van der Waals surface area contributed by atoms with Crippen LogP contribution in [0, 0.1) is 0 Å². The summed E-state index contributed by atoms with van der Waals surface area (Å²) in [4.78, 5) is 25.0. The van der Waals surface area contributed by atoms with E-state index in [-0.39, 0.29) is 18.4 Å². The first-order chi connectivity index (χ1) is 10.2. The molecule has 1 amide bonds. The van der Waals surface area contributed by atoms with Crippen LogP contribution in [0.1, 0.15) is 39.2 Å². The second-order valence-corrected chi connectivity index (χ2v) is 6.34. The second kappa shape index (κ2) is 7.94. The van der Waals surface area contributed by atoms with Gasteiger partial charge in [-0.1, -0.05) is 30.3 Å². The van der Waals surface area contributed by atoms with Crippen LogP contribution in [0.2, 0.25) is 0 Å². The Hall–Kier alpha value is -1.88. The van der Waals surface area contributed by atoms with Gasteiger partial charge in [0.1, 0.15) is 0 Å². The molecule has 0 heterocycles. The largest absolute Gasteiger partial charge is 0.481 e. The summed E-state index contributed by atoms with van der Waals surface area (Å²) in [6.07, 6.45) is 0.449. The highest BCUT2D eigenvalue weighted by molar-refractivity contribution is 5.82. The minimum Gasteiger partial charge on any atom is -0.481 e. The zero-order valence-corrected chi connectivity index (χ0v) is 13.8. The number of carbonyl (C=O) groups excluding carboxylic acids is 1. The van der Waals surface area contributed by atoms with Gasteiger partial charge in [-0.3, -0.25) is 14.5 Å². The highest BCUT2D eigenvalue weighted by atomic mass is 16.4. The Labute approximate surface area is 132 Å². The molecule has 5 nitrogen and oxygen atoms in total. The van der Waals surface area contributed by atoms with Crippen LogP contribution < -0.4 is 5.32 Å². The van der Waals surface area contributed by atoms with Gasteiger partial charge in [-0.05, 0) is 39.8 Å². The van der Waals surface area contributed by atoms with E-state index in [9.17, 15) is 9.59 Å². The lowest BCUT2D eigenvalue weighted by atomic mass is 9.98. The summed E-state index contributed by atoms with van der Waals surface area (Å²) in [5.74, 6) is -0.939. The van der Waals surface area contributed by atoms with E-state index in [0.29, 0.717) is 13.0 Å². The highest BCUT2D eigenvalue weighted by Gasteiger charge is 2.26. The number of hydrogen-bond donors (Lipinski definition) is 2. The highest BCUT2D eigenvalue weighted by Crippen LogP contribution is 2.13. The number of aliphatic carboxylic acids is 1. The molecule has 0 fully saturated rings. The third kappa shape index (κ3) is 6.26. The molecule has 1 unspecified atom stereocenters. The van der Waals surface area contributed by atoms with Crippen molar-refractivity contribution in [1.29, 1.82) is 0 Å². The lowest BCUT2D eigenvalue weighted by Crippen LogP contribution is -2.51. The molecule has 0 saturated carbocycles. The van der Waals surface area contributed by atoms with Crippen LogP contribution in [0.5, 0.6) is 0 Å². The summed E-state index contributed by atoms with van der Waals surface area (Å²) >= 11 is 0. The maximum Gasteiger partial charge on any atom is 0.303 e. The van der Waals surface area contributed by atoms with Gasteiger partial charge in [0.25, 0.3) is 0 Å². The number of carboxylic acids is 1. The van der Waals surface area contributed by atoms with E-state index in [1.165, 1.54) is 0 Å². The van der Waals surface area contributed by atoms with Crippen LogP contribution in [-0.4, -0.2) is 40.5 Å². The molecular formula is C17H26N2O3. The van der Waals surface area contributed by atoms with Crippen LogP contribution in [-0.2, 0) is 16.1 Å². The van der Waals surface area contributed by atoms with Crippen molar-refractivity contribution < 1.29 is 14.7 Å². The number of nitrogens with one attached hydrogen (secondary N) is 1. The average molecular weight is 306 g/mol. The summed E-state index contributed by atoms with van der Waals surface area (Å²) in [6.45, 7) is 6.23. The van der Waals surface area contributed by atoms with Crippen LogP contribution in [0.15, 0.2) is 30.3 Å². The molecule has 5 heteroatoms. The Morgan fingerprint density at radius 3 is 2.41 bits per heavy atom. The Morgan fingerprint density at radius 1 is 1.27 bits per heavy atom. The predicted octanol–water partition coefficient (Wildman–Crippen LogP) is 2.27. The van der Waals surface area contributed by atoms with E-state index >= 15 is 0 Å². The molecule has 2 N–H and O–H groups in total. The van der Waals surface area contributed by atoms with Crippen molar-refractivity contribution >= 4 is 11.9 Å². The maximum atomic E-state index is 12.3. The van der Waals surface area contributed by atoms with Gasteiger partial charge in [0.2, 0.25) is 5.91 Å². The van der Waals surface area contributed by atoms with Crippen LogP contribution in [0.4, 0.5) is 0 Å². The first kappa shape index (κ1) is 18.2. The molecule has 0 aliphatic heterocycles. The summed E-state index contributed by atoms with van der Waals surface area (Å²) in [5.41, 5.74) is 0.618. The Balaban J connectivity index is 2.54. The fourth-order valence-corrected chi connectivity index (χ4v) is 2.13.